The van der Waals surface area contributed by atoms with E-state index < -0.39 is 11.7 Å². The number of H-pyrrole nitrogens is 1. The number of hydrogen-bond acceptors (Lipinski definition) is 3. The molecular weight excluding hydrogens is 473 g/mol. The predicted molar refractivity (Wildman–Crippen MR) is 103 cm³/mol. The minimum Gasteiger partial charge on any atom is -0.328 e. The highest BCUT2D eigenvalue weighted by atomic mass is 35.5. The summed E-state index contributed by atoms with van der Waals surface area (Å²) in [6.45, 7) is 1.58. The Labute approximate surface area is 181 Å². The quantitative estimate of drug-likeness (QED) is 0.453. The van der Waals surface area contributed by atoms with Crippen molar-refractivity contribution in [1.82, 2.24) is 14.5 Å². The van der Waals surface area contributed by atoms with Crippen LogP contribution in [0.15, 0.2) is 12.1 Å². The fourth-order valence-corrected chi connectivity index (χ4v) is 4.05. The Morgan fingerprint density at radius 1 is 1.03 bits per heavy atom. The summed E-state index contributed by atoms with van der Waals surface area (Å²) in [6, 6.07) is 4.98. The van der Waals surface area contributed by atoms with Crippen molar-refractivity contribution in [2.75, 3.05) is 0 Å². The standard InChI is InChI=1S/C17H6Cl4F3N5/c1-6-12(16-27-10(4-25)11(5-26)28-16)15(21)29(14(6)20)13-8(18)2-7(3-9(13)19)17(22,23)24/h2-3H,1H3,(H,27,28). The van der Waals surface area contributed by atoms with E-state index in [1.165, 1.54) is 4.57 Å². The highest BCUT2D eigenvalue weighted by molar-refractivity contribution is 6.40. The number of halogens is 7. The molecule has 0 amide bonds. The molecule has 0 saturated heterocycles. The Morgan fingerprint density at radius 2 is 1.62 bits per heavy atom. The van der Waals surface area contributed by atoms with Crippen LogP contribution in [0, 0.1) is 29.6 Å². The van der Waals surface area contributed by atoms with Gasteiger partial charge in [0.1, 0.15) is 28.3 Å². The van der Waals surface area contributed by atoms with Crippen molar-refractivity contribution >= 4 is 46.4 Å². The Morgan fingerprint density at radius 3 is 2.07 bits per heavy atom. The molecule has 0 saturated carbocycles. The summed E-state index contributed by atoms with van der Waals surface area (Å²) in [4.78, 5) is 6.69. The number of aromatic nitrogens is 3. The molecular formula is C17H6Cl4F3N5. The minimum atomic E-state index is -4.65. The van der Waals surface area contributed by atoms with Crippen molar-refractivity contribution < 1.29 is 13.2 Å². The Kier molecular flexibility index (Phi) is 5.50. The maximum atomic E-state index is 13.0. The topological polar surface area (TPSA) is 81.2 Å². The number of hydrogen-bond donors (Lipinski definition) is 1. The highest BCUT2D eigenvalue weighted by Gasteiger charge is 2.33. The summed E-state index contributed by atoms with van der Waals surface area (Å²) in [5.41, 5.74) is -0.692. The van der Waals surface area contributed by atoms with Gasteiger partial charge in [0, 0.05) is 0 Å². The summed E-state index contributed by atoms with van der Waals surface area (Å²) in [5, 5.41) is 17.5. The molecule has 29 heavy (non-hydrogen) atoms. The molecule has 0 bridgehead atoms. The van der Waals surface area contributed by atoms with E-state index in [9.17, 15) is 13.2 Å². The Hall–Kier alpha value is -2.36. The van der Waals surface area contributed by atoms with Crippen molar-refractivity contribution in [3.05, 3.63) is 55.0 Å². The molecule has 3 rings (SSSR count). The van der Waals surface area contributed by atoms with Gasteiger partial charge in [-0.2, -0.15) is 23.7 Å². The van der Waals surface area contributed by atoms with Gasteiger partial charge >= 0.3 is 6.18 Å². The third-order valence-electron chi connectivity index (χ3n) is 4.01. The molecule has 0 aliphatic carbocycles. The highest BCUT2D eigenvalue weighted by Crippen LogP contribution is 2.44. The van der Waals surface area contributed by atoms with Crippen LogP contribution in [0.1, 0.15) is 22.5 Å². The van der Waals surface area contributed by atoms with Gasteiger partial charge in [-0.15, -0.1) is 0 Å². The van der Waals surface area contributed by atoms with E-state index in [4.69, 9.17) is 56.9 Å². The summed E-state index contributed by atoms with van der Waals surface area (Å²) in [6.07, 6.45) is -4.65. The summed E-state index contributed by atoms with van der Waals surface area (Å²) in [5.74, 6) is 0.0837. The van der Waals surface area contributed by atoms with E-state index in [0.717, 1.165) is 0 Å². The number of nitrogens with zero attached hydrogens (tertiary/aromatic N) is 4. The molecule has 0 aliphatic heterocycles. The van der Waals surface area contributed by atoms with Crippen LogP contribution in [0.4, 0.5) is 13.2 Å². The summed E-state index contributed by atoms with van der Waals surface area (Å²) in [7, 11) is 0. The molecule has 148 valence electrons. The van der Waals surface area contributed by atoms with Crippen LogP contribution in [0.5, 0.6) is 0 Å². The smallest absolute Gasteiger partial charge is 0.328 e. The maximum Gasteiger partial charge on any atom is 0.416 e. The van der Waals surface area contributed by atoms with E-state index in [2.05, 4.69) is 9.97 Å². The van der Waals surface area contributed by atoms with Crippen molar-refractivity contribution in [1.29, 1.82) is 10.5 Å². The molecule has 0 fully saturated rings. The van der Waals surface area contributed by atoms with Gasteiger partial charge in [0.15, 0.2) is 11.4 Å². The zero-order chi connectivity index (χ0) is 21.7. The Bertz CT molecular complexity index is 1170. The average molecular weight is 479 g/mol. The first-order valence-corrected chi connectivity index (χ1v) is 9.05. The van der Waals surface area contributed by atoms with Gasteiger partial charge in [-0.25, -0.2) is 4.98 Å². The maximum absolute atomic E-state index is 13.0. The lowest BCUT2D eigenvalue weighted by atomic mass is 10.2. The van der Waals surface area contributed by atoms with Crippen LogP contribution < -0.4 is 0 Å². The zero-order valence-corrected chi connectivity index (χ0v) is 17.1. The van der Waals surface area contributed by atoms with Crippen molar-refractivity contribution in [3.8, 4) is 29.2 Å². The normalized spacial score (nSPS) is 11.4. The lowest BCUT2D eigenvalue weighted by molar-refractivity contribution is -0.137. The zero-order valence-electron chi connectivity index (χ0n) is 14.1. The fourth-order valence-electron chi connectivity index (χ4n) is 2.69. The molecule has 1 N–H and O–H groups in total. The SMILES string of the molecule is Cc1c(-c2nc(C#N)c(C#N)[nH]2)c(Cl)n(-c2c(Cl)cc(C(F)(F)F)cc2Cl)c1Cl. The van der Waals surface area contributed by atoms with Crippen LogP contribution in [-0.2, 0) is 6.18 Å². The van der Waals surface area contributed by atoms with Gasteiger partial charge < -0.3 is 4.98 Å². The number of alkyl halides is 3. The predicted octanol–water partition coefficient (Wildman–Crippen LogP) is 6.55. The second-order valence-electron chi connectivity index (χ2n) is 5.74. The third-order valence-corrected chi connectivity index (χ3v) is 5.40. The van der Waals surface area contributed by atoms with Crippen molar-refractivity contribution in [3.63, 3.8) is 0 Å². The molecule has 1 aromatic carbocycles. The van der Waals surface area contributed by atoms with Crippen LogP contribution in [0.25, 0.3) is 17.1 Å². The van der Waals surface area contributed by atoms with E-state index in [1.54, 1.807) is 19.1 Å². The number of nitriles is 2. The van der Waals surface area contributed by atoms with E-state index in [0.29, 0.717) is 17.7 Å². The lowest BCUT2D eigenvalue weighted by Gasteiger charge is -2.15. The van der Waals surface area contributed by atoms with Crippen LogP contribution >= 0.6 is 46.4 Å². The number of aromatic amines is 1. The molecule has 0 radical (unpaired) electrons. The van der Waals surface area contributed by atoms with Gasteiger partial charge in [-0.3, -0.25) is 4.57 Å². The van der Waals surface area contributed by atoms with Gasteiger partial charge in [0.25, 0.3) is 0 Å². The number of nitrogens with one attached hydrogen (secondary N) is 1. The summed E-state index contributed by atoms with van der Waals surface area (Å²) < 4.78 is 40.2. The molecule has 2 aromatic heterocycles. The largest absolute Gasteiger partial charge is 0.416 e. The first-order chi connectivity index (χ1) is 13.5. The molecule has 0 spiro atoms. The van der Waals surface area contributed by atoms with Gasteiger partial charge in [-0.1, -0.05) is 46.4 Å². The van der Waals surface area contributed by atoms with E-state index in [1.807, 2.05) is 0 Å². The van der Waals surface area contributed by atoms with Crippen LogP contribution in [0.2, 0.25) is 20.4 Å². The van der Waals surface area contributed by atoms with Gasteiger partial charge in [-0.05, 0) is 24.6 Å². The van der Waals surface area contributed by atoms with Crippen molar-refractivity contribution in [2.45, 2.75) is 13.1 Å². The first-order valence-electron chi connectivity index (χ1n) is 7.54. The second kappa shape index (κ2) is 7.47. The van der Waals surface area contributed by atoms with Crippen molar-refractivity contribution in [2.24, 2.45) is 0 Å². The van der Waals surface area contributed by atoms with Gasteiger partial charge in [0.05, 0.1) is 26.9 Å². The fraction of sp³-hybridized carbons (Fsp3) is 0.118. The monoisotopic (exact) mass is 477 g/mol. The molecule has 12 heteroatoms. The molecule has 0 aliphatic rings. The summed E-state index contributed by atoms with van der Waals surface area (Å²) >= 11 is 24.9. The van der Waals surface area contributed by atoms with Crippen LogP contribution in [0.3, 0.4) is 0 Å². The molecule has 5 nitrogen and oxygen atoms in total. The average Bonchev–Trinajstić information content (AvgIpc) is 3.14. The number of rotatable bonds is 2. The third kappa shape index (κ3) is 3.54. The van der Waals surface area contributed by atoms with Crippen LogP contribution in [-0.4, -0.2) is 14.5 Å². The number of benzene rings is 1. The minimum absolute atomic E-state index is 0.0157. The van der Waals surface area contributed by atoms with E-state index >= 15 is 0 Å². The number of imidazole rings is 1. The van der Waals surface area contributed by atoms with E-state index in [-0.39, 0.29) is 48.8 Å². The molecule has 0 unspecified atom stereocenters. The first kappa shape index (κ1) is 21.4. The van der Waals surface area contributed by atoms with Gasteiger partial charge in [0.2, 0.25) is 0 Å². The molecule has 3 aromatic rings. The molecule has 2 heterocycles. The second-order valence-corrected chi connectivity index (χ2v) is 7.27. The lowest BCUT2D eigenvalue weighted by Crippen LogP contribution is -2.07. The molecule has 0 atom stereocenters. The Balaban J connectivity index is 2.28.